The van der Waals surface area contributed by atoms with Gasteiger partial charge in [0, 0.05) is 16.2 Å². The summed E-state index contributed by atoms with van der Waals surface area (Å²) in [7, 11) is 0. The number of nitrogens with one attached hydrogen (secondary N) is 1. The molecule has 1 N–H and O–H groups in total. The van der Waals surface area contributed by atoms with E-state index in [2.05, 4.69) is 67.1 Å². The van der Waals surface area contributed by atoms with Crippen molar-refractivity contribution in [3.8, 4) is 0 Å². The van der Waals surface area contributed by atoms with Crippen LogP contribution in [-0.4, -0.2) is 6.04 Å². The van der Waals surface area contributed by atoms with Gasteiger partial charge in [0.25, 0.3) is 0 Å². The maximum absolute atomic E-state index is 3.88. The molecule has 19 heavy (non-hydrogen) atoms. The van der Waals surface area contributed by atoms with E-state index in [1.165, 1.54) is 30.5 Å². The van der Waals surface area contributed by atoms with E-state index in [-0.39, 0.29) is 0 Å². The third-order valence-corrected chi connectivity index (χ3v) is 6.25. The summed E-state index contributed by atoms with van der Waals surface area (Å²) in [6, 6.07) is 7.15. The monoisotopic (exact) mass is 321 g/mol. The quantitative estimate of drug-likeness (QED) is 0.770. The van der Waals surface area contributed by atoms with E-state index in [1.54, 1.807) is 0 Å². The second-order valence-corrected chi connectivity index (χ2v) is 8.37. The fourth-order valence-corrected chi connectivity index (χ4v) is 5.08. The molecule has 0 aromatic heterocycles. The molecule has 2 saturated carbocycles. The Bertz CT molecular complexity index is 503. The highest BCUT2D eigenvalue weighted by Gasteiger charge is 2.59. The lowest BCUT2D eigenvalue weighted by Gasteiger charge is -2.44. The largest absolute Gasteiger partial charge is 0.381 e. The van der Waals surface area contributed by atoms with Crippen LogP contribution in [0, 0.1) is 23.7 Å². The van der Waals surface area contributed by atoms with Gasteiger partial charge in [0.1, 0.15) is 0 Å². The molecule has 1 unspecified atom stereocenters. The zero-order valence-electron chi connectivity index (χ0n) is 12.4. The van der Waals surface area contributed by atoms with Gasteiger partial charge in [-0.3, -0.25) is 0 Å². The molecule has 3 atom stereocenters. The van der Waals surface area contributed by atoms with Crippen molar-refractivity contribution in [2.75, 3.05) is 5.32 Å². The first-order valence-corrected chi connectivity index (χ1v) is 8.15. The van der Waals surface area contributed by atoms with Gasteiger partial charge in [-0.1, -0.05) is 36.7 Å². The molecule has 2 bridgehead atoms. The van der Waals surface area contributed by atoms with Crippen LogP contribution in [0.25, 0.3) is 0 Å². The van der Waals surface area contributed by atoms with Crippen molar-refractivity contribution in [1.29, 1.82) is 0 Å². The smallest absolute Gasteiger partial charge is 0.0373 e. The van der Waals surface area contributed by atoms with Gasteiger partial charge in [0.2, 0.25) is 0 Å². The standard InChI is InChI=1S/C17H24BrN/c1-11-9-13(18)5-6-14(11)19-15-16(2,3)12-7-8-17(15,4)10-12/h5-6,9,12,15,19H,7-8,10H2,1-4H3/t12-,15?,17+/m0/s1. The normalized spacial score (nSPS) is 35.6. The molecule has 2 aliphatic rings. The van der Waals surface area contributed by atoms with E-state index in [0.717, 1.165) is 10.4 Å². The summed E-state index contributed by atoms with van der Waals surface area (Å²) < 4.78 is 1.16. The predicted molar refractivity (Wildman–Crippen MR) is 85.5 cm³/mol. The maximum Gasteiger partial charge on any atom is 0.0373 e. The molecule has 0 spiro atoms. The zero-order valence-corrected chi connectivity index (χ0v) is 14.0. The van der Waals surface area contributed by atoms with Gasteiger partial charge in [-0.15, -0.1) is 0 Å². The second kappa shape index (κ2) is 4.25. The highest BCUT2D eigenvalue weighted by Crippen LogP contribution is 2.63. The average Bonchev–Trinajstić information content (AvgIpc) is 2.78. The zero-order chi connectivity index (χ0) is 13.8. The van der Waals surface area contributed by atoms with Crippen molar-refractivity contribution in [3.63, 3.8) is 0 Å². The van der Waals surface area contributed by atoms with Crippen molar-refractivity contribution < 1.29 is 0 Å². The van der Waals surface area contributed by atoms with Gasteiger partial charge in [0.15, 0.2) is 0 Å². The molecule has 0 aliphatic heterocycles. The summed E-state index contributed by atoms with van der Waals surface area (Å²) in [5.41, 5.74) is 3.52. The number of aryl methyl sites for hydroxylation is 1. The highest BCUT2D eigenvalue weighted by molar-refractivity contribution is 9.10. The molecule has 104 valence electrons. The number of halogens is 1. The first-order valence-electron chi connectivity index (χ1n) is 7.36. The Morgan fingerprint density at radius 2 is 2.00 bits per heavy atom. The predicted octanol–water partition coefficient (Wildman–Crippen LogP) is 5.38. The lowest BCUT2D eigenvalue weighted by Crippen LogP contribution is -2.45. The van der Waals surface area contributed by atoms with Gasteiger partial charge in [0.05, 0.1) is 0 Å². The molecule has 0 saturated heterocycles. The number of hydrogen-bond acceptors (Lipinski definition) is 1. The molecule has 0 heterocycles. The van der Waals surface area contributed by atoms with Crippen molar-refractivity contribution >= 4 is 21.6 Å². The molecule has 1 aromatic rings. The first kappa shape index (κ1) is 13.5. The summed E-state index contributed by atoms with van der Waals surface area (Å²) in [5.74, 6) is 0.894. The van der Waals surface area contributed by atoms with Crippen LogP contribution in [0.3, 0.4) is 0 Å². The number of fused-ring (bicyclic) bond motifs is 2. The van der Waals surface area contributed by atoms with Crippen LogP contribution in [-0.2, 0) is 0 Å². The number of hydrogen-bond donors (Lipinski definition) is 1. The average molecular weight is 322 g/mol. The van der Waals surface area contributed by atoms with Gasteiger partial charge in [-0.2, -0.15) is 0 Å². The third kappa shape index (κ3) is 2.03. The van der Waals surface area contributed by atoms with E-state index in [0.29, 0.717) is 16.9 Å². The molecular weight excluding hydrogens is 298 g/mol. The Hall–Kier alpha value is -0.500. The molecule has 2 fully saturated rings. The molecule has 2 heteroatoms. The van der Waals surface area contributed by atoms with E-state index in [1.807, 2.05) is 0 Å². The Labute approximate surface area is 125 Å². The van der Waals surface area contributed by atoms with Gasteiger partial charge in [-0.25, -0.2) is 0 Å². The third-order valence-electron chi connectivity index (χ3n) is 5.76. The molecule has 3 rings (SSSR count). The maximum atomic E-state index is 3.88. The van der Waals surface area contributed by atoms with Crippen LogP contribution < -0.4 is 5.32 Å². The summed E-state index contributed by atoms with van der Waals surface area (Å²) in [5, 5.41) is 3.88. The van der Waals surface area contributed by atoms with Gasteiger partial charge >= 0.3 is 0 Å². The minimum absolute atomic E-state index is 0.409. The SMILES string of the molecule is Cc1cc(Br)ccc1NC1C(C)(C)[C@H]2CC[C@]1(C)C2. The van der Waals surface area contributed by atoms with E-state index in [9.17, 15) is 0 Å². The summed E-state index contributed by atoms with van der Waals surface area (Å²) in [4.78, 5) is 0. The lowest BCUT2D eigenvalue weighted by molar-refractivity contribution is 0.155. The van der Waals surface area contributed by atoms with Crippen LogP contribution in [0.4, 0.5) is 5.69 Å². The van der Waals surface area contributed by atoms with Crippen LogP contribution in [0.5, 0.6) is 0 Å². The minimum atomic E-state index is 0.409. The van der Waals surface area contributed by atoms with Crippen LogP contribution in [0.15, 0.2) is 22.7 Å². The topological polar surface area (TPSA) is 12.0 Å². The lowest BCUT2D eigenvalue weighted by atomic mass is 9.68. The first-order chi connectivity index (χ1) is 8.83. The summed E-state index contributed by atoms with van der Waals surface area (Å²) in [6.45, 7) is 9.57. The highest BCUT2D eigenvalue weighted by atomic mass is 79.9. The van der Waals surface area contributed by atoms with Gasteiger partial charge in [-0.05, 0) is 66.7 Å². The van der Waals surface area contributed by atoms with Crippen molar-refractivity contribution in [1.82, 2.24) is 0 Å². The van der Waals surface area contributed by atoms with Crippen LogP contribution >= 0.6 is 15.9 Å². The Morgan fingerprint density at radius 1 is 1.26 bits per heavy atom. The summed E-state index contributed by atoms with van der Waals surface area (Å²) in [6.07, 6.45) is 4.20. The van der Waals surface area contributed by atoms with Crippen molar-refractivity contribution in [3.05, 3.63) is 28.2 Å². The van der Waals surface area contributed by atoms with Crippen molar-refractivity contribution in [2.45, 2.75) is 53.0 Å². The Morgan fingerprint density at radius 3 is 2.58 bits per heavy atom. The van der Waals surface area contributed by atoms with Crippen LogP contribution in [0.1, 0.15) is 45.6 Å². The number of anilines is 1. The second-order valence-electron chi connectivity index (χ2n) is 7.45. The van der Waals surface area contributed by atoms with E-state index in [4.69, 9.17) is 0 Å². The number of rotatable bonds is 2. The van der Waals surface area contributed by atoms with E-state index < -0.39 is 0 Å². The fourth-order valence-electron chi connectivity index (χ4n) is 4.61. The Balaban J connectivity index is 1.90. The molecular formula is C17H24BrN. The molecule has 1 nitrogen and oxygen atoms in total. The van der Waals surface area contributed by atoms with Crippen molar-refractivity contribution in [2.24, 2.45) is 16.7 Å². The summed E-state index contributed by atoms with van der Waals surface area (Å²) >= 11 is 3.55. The van der Waals surface area contributed by atoms with Crippen LogP contribution in [0.2, 0.25) is 0 Å². The molecule has 0 amide bonds. The minimum Gasteiger partial charge on any atom is -0.381 e. The fraction of sp³-hybridized carbons (Fsp3) is 0.647. The van der Waals surface area contributed by atoms with E-state index >= 15 is 0 Å². The molecule has 1 aromatic carbocycles. The Kier molecular flexibility index (Phi) is 3.01. The number of benzene rings is 1. The molecule has 0 radical (unpaired) electrons. The molecule has 2 aliphatic carbocycles. The van der Waals surface area contributed by atoms with Gasteiger partial charge < -0.3 is 5.32 Å².